The molecule has 0 unspecified atom stereocenters. The number of halogens is 2. The van der Waals surface area contributed by atoms with Gasteiger partial charge in [-0.25, -0.2) is 4.79 Å². The number of hydrogen-bond donors (Lipinski definition) is 2. The molecule has 1 atom stereocenters. The van der Waals surface area contributed by atoms with E-state index in [4.69, 9.17) is 0 Å². The van der Waals surface area contributed by atoms with Gasteiger partial charge in [0.15, 0.2) is 6.04 Å². The van der Waals surface area contributed by atoms with Gasteiger partial charge < -0.3 is 15.6 Å². The van der Waals surface area contributed by atoms with Crippen LogP contribution in [0.15, 0.2) is 12.1 Å². The minimum absolute atomic E-state index is 0.281. The number of hydrogen-bond acceptors (Lipinski definition) is 3. The van der Waals surface area contributed by atoms with Crippen molar-refractivity contribution in [2.45, 2.75) is 12.5 Å². The van der Waals surface area contributed by atoms with Gasteiger partial charge in [-0.1, -0.05) is 0 Å². The zero-order valence-electron chi connectivity index (χ0n) is 8.67. The Balaban J connectivity index is 2.86. The maximum Gasteiger partial charge on any atom is 0.364 e. The van der Waals surface area contributed by atoms with Gasteiger partial charge in [-0.15, -0.1) is 0 Å². The van der Waals surface area contributed by atoms with E-state index < -0.39 is 6.04 Å². The standard InChI is InChI=1S/C10H11I2NO3/c1-16-10(15)8(13)4-5-2-6(11)9(14)7(12)3-5/h2-3,8,14H,4,13H2,1H3/p+1/t8-/m1/s1. The summed E-state index contributed by atoms with van der Waals surface area (Å²) in [6.07, 6.45) is 0.513. The number of benzene rings is 1. The molecule has 0 radical (unpaired) electrons. The Morgan fingerprint density at radius 1 is 1.50 bits per heavy atom. The maximum atomic E-state index is 11.2. The Labute approximate surface area is 121 Å². The number of rotatable bonds is 3. The summed E-state index contributed by atoms with van der Waals surface area (Å²) in [6, 6.07) is 3.28. The number of quaternary nitrogens is 1. The normalized spacial score (nSPS) is 12.2. The summed E-state index contributed by atoms with van der Waals surface area (Å²) in [5, 5.41) is 9.60. The maximum absolute atomic E-state index is 11.2. The van der Waals surface area contributed by atoms with E-state index in [2.05, 4.69) is 55.7 Å². The van der Waals surface area contributed by atoms with Gasteiger partial charge in [-0.3, -0.25) is 0 Å². The average molecular weight is 448 g/mol. The van der Waals surface area contributed by atoms with Crippen molar-refractivity contribution in [2.75, 3.05) is 7.11 Å². The highest BCUT2D eigenvalue weighted by Gasteiger charge is 2.19. The lowest BCUT2D eigenvalue weighted by molar-refractivity contribution is -0.407. The second-order valence-electron chi connectivity index (χ2n) is 3.33. The summed E-state index contributed by atoms with van der Waals surface area (Å²) in [4.78, 5) is 11.2. The van der Waals surface area contributed by atoms with Gasteiger partial charge in [-0.05, 0) is 62.9 Å². The summed E-state index contributed by atoms with van der Waals surface area (Å²) in [7, 11) is 1.35. The van der Waals surface area contributed by atoms with Crippen LogP contribution in [0.2, 0.25) is 0 Å². The van der Waals surface area contributed by atoms with Crippen LogP contribution in [-0.2, 0) is 16.0 Å². The predicted octanol–water partition coefficient (Wildman–Crippen LogP) is 0.927. The molecule has 0 fully saturated rings. The number of methoxy groups -OCH3 is 1. The fourth-order valence-electron chi connectivity index (χ4n) is 1.27. The molecule has 16 heavy (non-hydrogen) atoms. The molecule has 1 rings (SSSR count). The smallest absolute Gasteiger partial charge is 0.364 e. The lowest BCUT2D eigenvalue weighted by Gasteiger charge is -2.08. The lowest BCUT2D eigenvalue weighted by atomic mass is 10.1. The van der Waals surface area contributed by atoms with Gasteiger partial charge in [0, 0.05) is 6.42 Å². The lowest BCUT2D eigenvalue weighted by Crippen LogP contribution is -2.66. The van der Waals surface area contributed by atoms with Gasteiger partial charge in [0.05, 0.1) is 14.3 Å². The molecule has 0 bridgehead atoms. The molecule has 4 N–H and O–H groups in total. The van der Waals surface area contributed by atoms with E-state index in [0.717, 1.165) is 12.7 Å². The van der Waals surface area contributed by atoms with Gasteiger partial charge in [0.2, 0.25) is 0 Å². The van der Waals surface area contributed by atoms with Crippen LogP contribution in [-0.4, -0.2) is 24.2 Å². The summed E-state index contributed by atoms with van der Waals surface area (Å²) < 4.78 is 6.16. The van der Waals surface area contributed by atoms with E-state index in [1.54, 1.807) is 0 Å². The molecule has 1 aromatic carbocycles. The first-order chi connectivity index (χ1) is 7.45. The van der Waals surface area contributed by atoms with Crippen LogP contribution in [0.4, 0.5) is 0 Å². The minimum Gasteiger partial charge on any atom is -0.506 e. The van der Waals surface area contributed by atoms with Gasteiger partial charge in [-0.2, -0.15) is 0 Å². The van der Waals surface area contributed by atoms with Crippen molar-refractivity contribution in [3.63, 3.8) is 0 Å². The highest BCUT2D eigenvalue weighted by Crippen LogP contribution is 2.27. The number of phenolic OH excluding ortho intramolecular Hbond substituents is 1. The number of phenols is 1. The molecule has 88 valence electrons. The van der Waals surface area contributed by atoms with Crippen molar-refractivity contribution in [2.24, 2.45) is 0 Å². The Hall–Kier alpha value is -0.0900. The van der Waals surface area contributed by atoms with Crippen LogP contribution in [0.1, 0.15) is 5.56 Å². The third-order valence-electron chi connectivity index (χ3n) is 2.09. The van der Waals surface area contributed by atoms with E-state index in [1.165, 1.54) is 7.11 Å². The average Bonchev–Trinajstić information content (AvgIpc) is 2.24. The van der Waals surface area contributed by atoms with E-state index in [1.807, 2.05) is 12.1 Å². The third kappa shape index (κ3) is 3.45. The number of carbonyl (C=O) groups is 1. The predicted molar refractivity (Wildman–Crippen MR) is 75.9 cm³/mol. The largest absolute Gasteiger partial charge is 0.506 e. The zero-order valence-corrected chi connectivity index (χ0v) is 13.0. The fourth-order valence-corrected chi connectivity index (χ4v) is 3.17. The van der Waals surface area contributed by atoms with E-state index in [9.17, 15) is 9.90 Å². The van der Waals surface area contributed by atoms with Gasteiger partial charge >= 0.3 is 5.97 Å². The van der Waals surface area contributed by atoms with Crippen LogP contribution in [0.5, 0.6) is 5.75 Å². The molecule has 0 heterocycles. The molecule has 1 aromatic rings. The molecule has 0 saturated heterocycles. The molecule has 0 aliphatic rings. The van der Waals surface area contributed by atoms with E-state index in [-0.39, 0.29) is 11.7 Å². The fraction of sp³-hybridized carbons (Fsp3) is 0.300. The van der Waals surface area contributed by atoms with Gasteiger partial charge in [0.25, 0.3) is 0 Å². The molecular weight excluding hydrogens is 436 g/mol. The van der Waals surface area contributed by atoms with Crippen LogP contribution < -0.4 is 5.73 Å². The molecule has 0 saturated carbocycles. The Morgan fingerprint density at radius 2 is 2.00 bits per heavy atom. The second kappa shape index (κ2) is 6.01. The molecule has 0 aliphatic heterocycles. The molecule has 0 amide bonds. The number of carbonyl (C=O) groups excluding carboxylic acids is 1. The van der Waals surface area contributed by atoms with Crippen LogP contribution in [0.25, 0.3) is 0 Å². The quantitative estimate of drug-likeness (QED) is 0.534. The first-order valence-electron chi connectivity index (χ1n) is 4.53. The van der Waals surface area contributed by atoms with Crippen molar-refractivity contribution in [3.05, 3.63) is 24.8 Å². The molecule has 6 heteroatoms. The molecule has 4 nitrogen and oxygen atoms in total. The highest BCUT2D eigenvalue weighted by molar-refractivity contribution is 14.1. The SMILES string of the molecule is COC(=O)[C@H]([NH3+])Cc1cc(I)c(O)c(I)c1. The van der Waals surface area contributed by atoms with Crippen LogP contribution in [0.3, 0.4) is 0 Å². The molecular formula is C10H12I2NO3+. The van der Waals surface area contributed by atoms with Crippen LogP contribution in [0, 0.1) is 7.14 Å². The first-order valence-corrected chi connectivity index (χ1v) is 6.69. The Bertz CT molecular complexity index is 386. The van der Waals surface area contributed by atoms with E-state index >= 15 is 0 Å². The monoisotopic (exact) mass is 448 g/mol. The highest BCUT2D eigenvalue weighted by atomic mass is 127. The number of aromatic hydroxyl groups is 1. The Kier molecular flexibility index (Phi) is 5.25. The van der Waals surface area contributed by atoms with Crippen molar-refractivity contribution in [1.82, 2.24) is 0 Å². The summed E-state index contributed by atoms with van der Waals surface area (Å²) in [6.45, 7) is 0. The summed E-state index contributed by atoms with van der Waals surface area (Å²) >= 11 is 4.12. The second-order valence-corrected chi connectivity index (χ2v) is 5.66. The molecule has 0 aliphatic carbocycles. The number of esters is 1. The van der Waals surface area contributed by atoms with E-state index in [0.29, 0.717) is 6.42 Å². The van der Waals surface area contributed by atoms with Crippen molar-refractivity contribution in [3.8, 4) is 5.75 Å². The van der Waals surface area contributed by atoms with Crippen molar-refractivity contribution >= 4 is 51.2 Å². The van der Waals surface area contributed by atoms with Crippen molar-refractivity contribution in [1.29, 1.82) is 0 Å². The topological polar surface area (TPSA) is 74.2 Å². The first kappa shape index (κ1) is 14.0. The molecule has 0 aromatic heterocycles. The van der Waals surface area contributed by atoms with Crippen LogP contribution >= 0.6 is 45.2 Å². The molecule has 0 spiro atoms. The summed E-state index contributed by atoms with van der Waals surface area (Å²) in [5.74, 6) is -0.0401. The zero-order chi connectivity index (χ0) is 12.3. The van der Waals surface area contributed by atoms with Crippen molar-refractivity contribution < 1.29 is 20.4 Å². The third-order valence-corrected chi connectivity index (χ3v) is 3.74. The Morgan fingerprint density at radius 3 is 2.44 bits per heavy atom. The summed E-state index contributed by atoms with van der Waals surface area (Å²) in [5.41, 5.74) is 4.71. The van der Waals surface area contributed by atoms with Gasteiger partial charge in [0.1, 0.15) is 5.75 Å². The minimum atomic E-state index is -0.416. The number of ether oxygens (including phenoxy) is 1.